The molecular formula is C16H23NO3S. The Hall–Kier alpha value is -1.36. The molecule has 0 unspecified atom stereocenters. The van der Waals surface area contributed by atoms with E-state index in [-0.39, 0.29) is 5.25 Å². The molecule has 4 nitrogen and oxygen atoms in total. The van der Waals surface area contributed by atoms with Gasteiger partial charge in [-0.3, -0.25) is 4.79 Å². The number of hydrogen-bond donors (Lipinski definition) is 1. The molecule has 1 N–H and O–H groups in total. The van der Waals surface area contributed by atoms with Crippen molar-refractivity contribution in [2.24, 2.45) is 0 Å². The highest BCUT2D eigenvalue weighted by molar-refractivity contribution is 7.92. The summed E-state index contributed by atoms with van der Waals surface area (Å²) < 4.78 is 24.4. The fourth-order valence-electron chi connectivity index (χ4n) is 3.10. The first-order valence-electron chi connectivity index (χ1n) is 7.39. The highest BCUT2D eigenvalue weighted by Crippen LogP contribution is 2.26. The molecule has 2 rings (SSSR count). The quantitative estimate of drug-likeness (QED) is 0.930. The summed E-state index contributed by atoms with van der Waals surface area (Å²) in [5.74, 6) is -0.846. The van der Waals surface area contributed by atoms with Crippen molar-refractivity contribution in [3.63, 3.8) is 0 Å². The Labute approximate surface area is 126 Å². The van der Waals surface area contributed by atoms with Crippen molar-refractivity contribution in [3.05, 3.63) is 28.8 Å². The van der Waals surface area contributed by atoms with Crippen molar-refractivity contribution >= 4 is 21.4 Å². The molecule has 0 atom stereocenters. The monoisotopic (exact) mass is 309 g/mol. The van der Waals surface area contributed by atoms with Gasteiger partial charge in [0.25, 0.3) is 0 Å². The first kappa shape index (κ1) is 16.0. The van der Waals surface area contributed by atoms with E-state index in [0.29, 0.717) is 12.8 Å². The first-order valence-corrected chi connectivity index (χ1v) is 9.10. The fraction of sp³-hybridized carbons (Fsp3) is 0.562. The lowest BCUT2D eigenvalue weighted by Crippen LogP contribution is -2.29. The zero-order valence-electron chi connectivity index (χ0n) is 12.9. The molecule has 1 aromatic carbocycles. The van der Waals surface area contributed by atoms with Gasteiger partial charge in [0, 0.05) is 5.69 Å². The van der Waals surface area contributed by atoms with Crippen LogP contribution in [0, 0.1) is 20.8 Å². The smallest absolute Gasteiger partial charge is 0.239 e. The molecule has 21 heavy (non-hydrogen) atoms. The maximum Gasteiger partial charge on any atom is 0.239 e. The lowest BCUT2D eigenvalue weighted by atomic mass is 10.1. The van der Waals surface area contributed by atoms with Gasteiger partial charge in [0.1, 0.15) is 5.75 Å². The summed E-state index contributed by atoms with van der Waals surface area (Å²) in [7, 11) is -3.33. The van der Waals surface area contributed by atoms with Gasteiger partial charge < -0.3 is 5.32 Å². The van der Waals surface area contributed by atoms with Crippen molar-refractivity contribution in [3.8, 4) is 0 Å². The highest BCUT2D eigenvalue weighted by Gasteiger charge is 2.30. The molecule has 1 fully saturated rings. The van der Waals surface area contributed by atoms with E-state index in [1.807, 2.05) is 32.9 Å². The summed E-state index contributed by atoms with van der Waals surface area (Å²) in [5.41, 5.74) is 3.77. The maximum atomic E-state index is 12.2. The Kier molecular flexibility index (Phi) is 4.71. The third kappa shape index (κ3) is 3.84. The number of nitrogens with one attached hydrogen (secondary N) is 1. The molecule has 1 amide bonds. The second-order valence-corrected chi connectivity index (χ2v) is 8.32. The Morgan fingerprint density at radius 1 is 1.14 bits per heavy atom. The van der Waals surface area contributed by atoms with Gasteiger partial charge in [-0.15, -0.1) is 0 Å². The van der Waals surface area contributed by atoms with Crippen LogP contribution in [0.2, 0.25) is 0 Å². The summed E-state index contributed by atoms with van der Waals surface area (Å²) in [5, 5.41) is 2.44. The predicted molar refractivity (Wildman–Crippen MR) is 85.3 cm³/mol. The number of anilines is 1. The Morgan fingerprint density at radius 3 is 2.19 bits per heavy atom. The highest BCUT2D eigenvalue weighted by atomic mass is 32.2. The van der Waals surface area contributed by atoms with E-state index < -0.39 is 21.5 Å². The molecular weight excluding hydrogens is 286 g/mol. The van der Waals surface area contributed by atoms with Gasteiger partial charge in [-0.1, -0.05) is 30.5 Å². The minimum absolute atomic E-state index is 0.330. The van der Waals surface area contributed by atoms with Crippen molar-refractivity contribution in [1.29, 1.82) is 0 Å². The number of rotatable bonds is 4. The maximum absolute atomic E-state index is 12.2. The van der Waals surface area contributed by atoms with Gasteiger partial charge in [0.2, 0.25) is 5.91 Å². The molecule has 1 aromatic rings. The van der Waals surface area contributed by atoms with Crippen LogP contribution in [-0.2, 0) is 14.6 Å². The number of aryl methyl sites for hydroxylation is 3. The van der Waals surface area contributed by atoms with E-state index in [2.05, 4.69) is 5.32 Å². The van der Waals surface area contributed by atoms with Crippen LogP contribution in [0.1, 0.15) is 42.4 Å². The van der Waals surface area contributed by atoms with Crippen molar-refractivity contribution in [2.75, 3.05) is 11.1 Å². The van der Waals surface area contributed by atoms with Gasteiger partial charge in [0.05, 0.1) is 5.25 Å². The Balaban J connectivity index is 2.09. The average Bonchev–Trinajstić information content (AvgIpc) is 2.87. The second kappa shape index (κ2) is 6.18. The van der Waals surface area contributed by atoms with Crippen LogP contribution in [0.15, 0.2) is 12.1 Å². The van der Waals surface area contributed by atoms with Crippen LogP contribution in [-0.4, -0.2) is 25.3 Å². The molecule has 5 heteroatoms. The van der Waals surface area contributed by atoms with E-state index in [1.54, 1.807) is 0 Å². The largest absolute Gasteiger partial charge is 0.325 e. The van der Waals surface area contributed by atoms with Gasteiger partial charge in [-0.2, -0.15) is 0 Å². The second-order valence-electron chi connectivity index (χ2n) is 6.04. The molecule has 0 radical (unpaired) electrons. The standard InChI is InChI=1S/C16H23NO3S/c1-11-8-12(2)16(13(3)9-11)17-15(18)10-21(19,20)14-6-4-5-7-14/h8-9,14H,4-7,10H2,1-3H3,(H,17,18). The Morgan fingerprint density at radius 2 is 1.67 bits per heavy atom. The Bertz CT molecular complexity index is 620. The lowest BCUT2D eigenvalue weighted by molar-refractivity contribution is -0.113. The SMILES string of the molecule is Cc1cc(C)c(NC(=O)CS(=O)(=O)C2CCCC2)c(C)c1. The molecule has 0 heterocycles. The molecule has 0 aliphatic heterocycles. The molecule has 0 spiro atoms. The van der Waals surface area contributed by atoms with Crippen LogP contribution < -0.4 is 5.32 Å². The number of amides is 1. The topological polar surface area (TPSA) is 63.2 Å². The molecule has 1 saturated carbocycles. The van der Waals surface area contributed by atoms with Crippen LogP contribution in [0.25, 0.3) is 0 Å². The average molecular weight is 309 g/mol. The van der Waals surface area contributed by atoms with E-state index in [0.717, 1.165) is 35.2 Å². The summed E-state index contributed by atoms with van der Waals surface area (Å²) in [4.78, 5) is 12.1. The third-order valence-electron chi connectivity index (χ3n) is 4.08. The molecule has 116 valence electrons. The predicted octanol–water partition coefficient (Wildman–Crippen LogP) is 2.91. The van der Waals surface area contributed by atoms with Crippen molar-refractivity contribution in [2.45, 2.75) is 51.7 Å². The number of benzene rings is 1. The van der Waals surface area contributed by atoms with Gasteiger partial charge >= 0.3 is 0 Å². The number of hydrogen-bond acceptors (Lipinski definition) is 3. The zero-order chi connectivity index (χ0) is 15.6. The number of sulfone groups is 1. The van der Waals surface area contributed by atoms with Crippen LogP contribution in [0.5, 0.6) is 0 Å². The molecule has 1 aliphatic rings. The molecule has 1 aliphatic carbocycles. The molecule has 0 aromatic heterocycles. The number of carbonyl (C=O) groups excluding carboxylic acids is 1. The van der Waals surface area contributed by atoms with Crippen LogP contribution in [0.4, 0.5) is 5.69 Å². The molecule has 0 bridgehead atoms. The van der Waals surface area contributed by atoms with Gasteiger partial charge in [-0.25, -0.2) is 8.42 Å². The zero-order valence-corrected chi connectivity index (χ0v) is 13.7. The van der Waals surface area contributed by atoms with Crippen molar-refractivity contribution < 1.29 is 13.2 Å². The van der Waals surface area contributed by atoms with E-state index in [1.165, 1.54) is 0 Å². The number of carbonyl (C=O) groups is 1. The normalized spacial score (nSPS) is 16.1. The van der Waals surface area contributed by atoms with Crippen LogP contribution >= 0.6 is 0 Å². The summed E-state index contributed by atoms with van der Waals surface area (Å²) >= 11 is 0. The third-order valence-corrected chi connectivity index (χ3v) is 6.24. The van der Waals surface area contributed by atoms with E-state index >= 15 is 0 Å². The minimum Gasteiger partial charge on any atom is -0.325 e. The summed E-state index contributed by atoms with van der Waals surface area (Å²) in [6.07, 6.45) is 3.28. The van der Waals surface area contributed by atoms with Crippen LogP contribution in [0.3, 0.4) is 0 Å². The van der Waals surface area contributed by atoms with Gasteiger partial charge in [-0.05, 0) is 44.7 Å². The fourth-order valence-corrected chi connectivity index (χ4v) is 4.83. The summed E-state index contributed by atoms with van der Waals surface area (Å²) in [6, 6.07) is 3.96. The first-order chi connectivity index (χ1) is 9.79. The van der Waals surface area contributed by atoms with Crippen molar-refractivity contribution in [1.82, 2.24) is 0 Å². The van der Waals surface area contributed by atoms with E-state index in [4.69, 9.17) is 0 Å². The summed E-state index contributed by atoms with van der Waals surface area (Å²) in [6.45, 7) is 5.83. The van der Waals surface area contributed by atoms with E-state index in [9.17, 15) is 13.2 Å². The lowest BCUT2D eigenvalue weighted by Gasteiger charge is -2.14. The van der Waals surface area contributed by atoms with Gasteiger partial charge in [0.15, 0.2) is 9.84 Å². The minimum atomic E-state index is -3.33. The molecule has 0 saturated heterocycles.